The smallest absolute Gasteiger partial charge is 0.260 e. The fourth-order valence-corrected chi connectivity index (χ4v) is 4.82. The molecule has 4 heterocycles. The number of nitrogens with zero attached hydrogens (tertiary/aromatic N) is 5. The minimum Gasteiger partial charge on any atom is -0.496 e. The number of carbonyl (C=O) groups is 1. The molecule has 0 saturated carbocycles. The standard InChI is InChI=1S/C25H27FN6O3/c1-15-11-20(30-24(29-15)31-10-8-25(27,13-31)14-34-2)32-12-17-16(23(32)33)7-9-28-22(17)21-18(26)5-4-6-19(21)35-3/h4-7,9,11H,8,10,12-14,27H2,1-3H3. The highest BCUT2D eigenvalue weighted by atomic mass is 19.1. The molecule has 2 N–H and O–H groups in total. The van der Waals surface area contributed by atoms with Crippen molar-refractivity contribution in [2.45, 2.75) is 25.4 Å². The van der Waals surface area contributed by atoms with Crippen LogP contribution in [0.5, 0.6) is 5.75 Å². The van der Waals surface area contributed by atoms with Crippen LogP contribution in [0.3, 0.4) is 0 Å². The number of hydrogen-bond acceptors (Lipinski definition) is 8. The molecule has 3 aromatic rings. The predicted octanol–water partition coefficient (Wildman–Crippen LogP) is 2.71. The van der Waals surface area contributed by atoms with Gasteiger partial charge in [0.15, 0.2) is 0 Å². The lowest BCUT2D eigenvalue weighted by Gasteiger charge is -2.24. The van der Waals surface area contributed by atoms with Crippen LogP contribution in [0.25, 0.3) is 11.3 Å². The number of pyridine rings is 1. The van der Waals surface area contributed by atoms with Gasteiger partial charge in [-0.3, -0.25) is 14.7 Å². The molecule has 10 heteroatoms. The van der Waals surface area contributed by atoms with Crippen LogP contribution >= 0.6 is 0 Å². The monoisotopic (exact) mass is 478 g/mol. The van der Waals surface area contributed by atoms with Gasteiger partial charge in [0.05, 0.1) is 37.1 Å². The van der Waals surface area contributed by atoms with Crippen molar-refractivity contribution in [2.24, 2.45) is 5.73 Å². The first-order valence-electron chi connectivity index (χ1n) is 11.3. The molecule has 2 aliphatic heterocycles. The number of methoxy groups -OCH3 is 2. The van der Waals surface area contributed by atoms with Gasteiger partial charge in [-0.15, -0.1) is 0 Å². The van der Waals surface area contributed by atoms with E-state index in [0.29, 0.717) is 54.0 Å². The van der Waals surface area contributed by atoms with Crippen molar-refractivity contribution in [2.75, 3.05) is 43.7 Å². The summed E-state index contributed by atoms with van der Waals surface area (Å²) in [5.74, 6) is 0.652. The van der Waals surface area contributed by atoms with E-state index in [1.807, 2.05) is 11.8 Å². The first-order chi connectivity index (χ1) is 16.8. The predicted molar refractivity (Wildman–Crippen MR) is 129 cm³/mol. The third kappa shape index (κ3) is 4.08. The fraction of sp³-hybridized carbons (Fsp3) is 0.360. The summed E-state index contributed by atoms with van der Waals surface area (Å²) in [4.78, 5) is 30.7. The van der Waals surface area contributed by atoms with E-state index in [9.17, 15) is 9.18 Å². The Balaban J connectivity index is 1.50. The molecule has 35 heavy (non-hydrogen) atoms. The van der Waals surface area contributed by atoms with E-state index >= 15 is 0 Å². The average molecular weight is 479 g/mol. The maximum Gasteiger partial charge on any atom is 0.260 e. The second-order valence-electron chi connectivity index (χ2n) is 9.03. The molecule has 1 fully saturated rings. The molecule has 0 radical (unpaired) electrons. The summed E-state index contributed by atoms with van der Waals surface area (Å²) in [7, 11) is 3.11. The quantitative estimate of drug-likeness (QED) is 0.576. The zero-order valence-electron chi connectivity index (χ0n) is 19.9. The molecule has 0 bridgehead atoms. The number of halogens is 1. The number of anilines is 2. The summed E-state index contributed by atoms with van der Waals surface area (Å²) in [5.41, 5.74) is 8.40. The Morgan fingerprint density at radius 2 is 2.06 bits per heavy atom. The van der Waals surface area contributed by atoms with Crippen molar-refractivity contribution in [1.82, 2.24) is 15.0 Å². The second-order valence-corrected chi connectivity index (χ2v) is 9.03. The maximum absolute atomic E-state index is 14.8. The van der Waals surface area contributed by atoms with Gasteiger partial charge in [0.25, 0.3) is 5.91 Å². The lowest BCUT2D eigenvalue weighted by molar-refractivity contribution is 0.0996. The van der Waals surface area contributed by atoms with Crippen molar-refractivity contribution in [1.29, 1.82) is 0 Å². The van der Waals surface area contributed by atoms with Gasteiger partial charge in [-0.05, 0) is 31.5 Å². The molecule has 1 unspecified atom stereocenters. The van der Waals surface area contributed by atoms with Gasteiger partial charge in [0.2, 0.25) is 5.95 Å². The van der Waals surface area contributed by atoms with Crippen LogP contribution in [0.4, 0.5) is 16.2 Å². The van der Waals surface area contributed by atoms with E-state index in [0.717, 1.165) is 12.1 Å². The topological polar surface area (TPSA) is 107 Å². The number of aromatic nitrogens is 3. The van der Waals surface area contributed by atoms with Crippen LogP contribution in [0.15, 0.2) is 36.5 Å². The molecule has 9 nitrogen and oxygen atoms in total. The Morgan fingerprint density at radius 1 is 1.23 bits per heavy atom. The number of benzene rings is 1. The first kappa shape index (κ1) is 23.1. The fourth-order valence-electron chi connectivity index (χ4n) is 4.82. The summed E-state index contributed by atoms with van der Waals surface area (Å²) in [6, 6.07) is 8.02. The molecule has 0 spiro atoms. The van der Waals surface area contributed by atoms with Gasteiger partial charge in [-0.25, -0.2) is 9.37 Å². The number of hydrogen-bond donors (Lipinski definition) is 1. The highest BCUT2D eigenvalue weighted by molar-refractivity contribution is 6.10. The van der Waals surface area contributed by atoms with Gasteiger partial charge in [-0.1, -0.05) is 6.07 Å². The summed E-state index contributed by atoms with van der Waals surface area (Å²) < 4.78 is 25.5. The van der Waals surface area contributed by atoms with Crippen LogP contribution in [-0.4, -0.2) is 60.3 Å². The molecule has 182 valence electrons. The van der Waals surface area contributed by atoms with Crippen molar-refractivity contribution in [3.63, 3.8) is 0 Å². The van der Waals surface area contributed by atoms with Crippen molar-refractivity contribution in [3.8, 4) is 17.0 Å². The van der Waals surface area contributed by atoms with E-state index in [1.165, 1.54) is 19.4 Å². The molecule has 0 aliphatic carbocycles. The molecule has 2 aliphatic rings. The average Bonchev–Trinajstić information content (AvgIpc) is 3.39. The number of fused-ring (bicyclic) bond motifs is 1. The third-order valence-electron chi connectivity index (χ3n) is 6.49. The van der Waals surface area contributed by atoms with Crippen LogP contribution in [0.2, 0.25) is 0 Å². The number of nitrogens with two attached hydrogens (primary N) is 1. The number of rotatable bonds is 6. The molecule has 1 amide bonds. The lowest BCUT2D eigenvalue weighted by Crippen LogP contribution is -2.47. The SMILES string of the molecule is COCC1(N)CCN(c2nc(C)cc(N3Cc4c(ccnc4-c4c(F)cccc4OC)C3=O)n2)C1. The Bertz CT molecular complexity index is 1300. The Morgan fingerprint density at radius 3 is 2.83 bits per heavy atom. The van der Waals surface area contributed by atoms with E-state index in [4.69, 9.17) is 20.2 Å². The minimum absolute atomic E-state index is 0.204. The highest BCUT2D eigenvalue weighted by Crippen LogP contribution is 2.38. The zero-order chi connectivity index (χ0) is 24.7. The first-order valence-corrected chi connectivity index (χ1v) is 11.3. The van der Waals surface area contributed by atoms with Crippen molar-refractivity contribution < 1.29 is 18.7 Å². The molecular formula is C25H27FN6O3. The van der Waals surface area contributed by atoms with Gasteiger partial charge < -0.3 is 20.1 Å². The molecule has 1 aromatic carbocycles. The van der Waals surface area contributed by atoms with E-state index in [1.54, 1.807) is 36.3 Å². The third-order valence-corrected chi connectivity index (χ3v) is 6.49. The summed E-state index contributed by atoms with van der Waals surface area (Å²) >= 11 is 0. The van der Waals surface area contributed by atoms with Crippen LogP contribution in [-0.2, 0) is 11.3 Å². The molecular weight excluding hydrogens is 451 g/mol. The lowest BCUT2D eigenvalue weighted by atomic mass is 10.0. The number of amides is 1. The summed E-state index contributed by atoms with van der Waals surface area (Å²) in [6.45, 7) is 3.75. The van der Waals surface area contributed by atoms with Crippen LogP contribution in [0.1, 0.15) is 28.0 Å². The normalized spacial score (nSPS) is 19.4. The van der Waals surface area contributed by atoms with Crippen molar-refractivity contribution in [3.05, 3.63) is 59.2 Å². The minimum atomic E-state index is -0.471. The van der Waals surface area contributed by atoms with Gasteiger partial charge in [0, 0.05) is 49.3 Å². The number of ether oxygens (including phenoxy) is 2. The number of aryl methyl sites for hydroxylation is 1. The zero-order valence-corrected chi connectivity index (χ0v) is 19.9. The summed E-state index contributed by atoms with van der Waals surface area (Å²) in [6.07, 6.45) is 2.26. The Hall–Kier alpha value is -3.63. The highest BCUT2D eigenvalue weighted by Gasteiger charge is 2.37. The van der Waals surface area contributed by atoms with Gasteiger partial charge in [0.1, 0.15) is 17.4 Å². The summed E-state index contributed by atoms with van der Waals surface area (Å²) in [5, 5.41) is 0. The second kappa shape index (κ2) is 8.86. The van der Waals surface area contributed by atoms with Gasteiger partial charge in [-0.2, -0.15) is 4.98 Å². The van der Waals surface area contributed by atoms with Gasteiger partial charge >= 0.3 is 0 Å². The Labute approximate surface area is 202 Å². The maximum atomic E-state index is 14.8. The molecule has 1 atom stereocenters. The van der Waals surface area contributed by atoms with E-state index < -0.39 is 11.4 Å². The molecule has 1 saturated heterocycles. The molecule has 2 aromatic heterocycles. The van der Waals surface area contributed by atoms with E-state index in [2.05, 4.69) is 9.97 Å². The largest absolute Gasteiger partial charge is 0.496 e. The van der Waals surface area contributed by atoms with Crippen LogP contribution in [0, 0.1) is 12.7 Å². The number of carbonyl (C=O) groups excluding carboxylic acids is 1. The van der Waals surface area contributed by atoms with Crippen molar-refractivity contribution >= 4 is 17.7 Å². The molecule has 5 rings (SSSR count). The van der Waals surface area contributed by atoms with Crippen LogP contribution < -0.4 is 20.3 Å². The Kier molecular flexibility index (Phi) is 5.86. The van der Waals surface area contributed by atoms with E-state index in [-0.39, 0.29) is 18.0 Å².